The summed E-state index contributed by atoms with van der Waals surface area (Å²) in [4.78, 5) is 42.6. The SMILES string of the molecule is C[C@@H]1CN([C@H](C)CO)C(=O)Cc2cc(NC(=O)NC3CCCCC3)ccc2O[C@@H]1CN(C)C(=O)NC1CCCCC1. The Balaban J connectivity index is 1.50. The number of aliphatic hydroxyl groups is 1. The molecular formula is C31H49N5O5. The molecule has 0 radical (unpaired) electrons. The number of hydrogen-bond donors (Lipinski definition) is 4. The van der Waals surface area contributed by atoms with Crippen LogP contribution in [0.3, 0.4) is 0 Å². The van der Waals surface area contributed by atoms with E-state index in [1.54, 1.807) is 35.0 Å². The largest absolute Gasteiger partial charge is 0.488 e. The Morgan fingerprint density at radius 3 is 2.32 bits per heavy atom. The molecule has 1 heterocycles. The minimum absolute atomic E-state index is 0.0802. The fourth-order valence-electron chi connectivity index (χ4n) is 6.21. The maximum Gasteiger partial charge on any atom is 0.319 e. The number of rotatable bonds is 7. The third kappa shape index (κ3) is 8.74. The van der Waals surface area contributed by atoms with Crippen molar-refractivity contribution < 1.29 is 24.2 Å². The number of carbonyl (C=O) groups is 3. The molecule has 0 saturated heterocycles. The lowest BCUT2D eigenvalue weighted by molar-refractivity contribution is -0.134. The molecule has 3 aliphatic rings. The second-order valence-corrected chi connectivity index (χ2v) is 12.3. The van der Waals surface area contributed by atoms with E-state index in [9.17, 15) is 19.5 Å². The predicted octanol–water partition coefficient (Wildman–Crippen LogP) is 4.26. The van der Waals surface area contributed by atoms with Gasteiger partial charge in [0.05, 0.1) is 25.6 Å². The van der Waals surface area contributed by atoms with Crippen LogP contribution < -0.4 is 20.7 Å². The molecule has 4 rings (SSSR count). The first-order valence-corrected chi connectivity index (χ1v) is 15.5. The zero-order chi connectivity index (χ0) is 29.4. The molecule has 10 heteroatoms. The van der Waals surface area contributed by atoms with E-state index in [4.69, 9.17) is 4.74 Å². The number of nitrogens with one attached hydrogen (secondary N) is 3. The number of nitrogens with zero attached hydrogens (tertiary/aromatic N) is 2. The van der Waals surface area contributed by atoms with Gasteiger partial charge in [-0.3, -0.25) is 4.79 Å². The molecule has 3 atom stereocenters. The van der Waals surface area contributed by atoms with Gasteiger partial charge in [-0.2, -0.15) is 0 Å². The first-order valence-electron chi connectivity index (χ1n) is 15.5. The fraction of sp³-hybridized carbons (Fsp3) is 0.710. The zero-order valence-electron chi connectivity index (χ0n) is 25.0. The molecule has 1 aromatic rings. The molecular weight excluding hydrogens is 522 g/mol. The molecule has 0 bridgehead atoms. The van der Waals surface area contributed by atoms with Crippen molar-refractivity contribution >= 4 is 23.7 Å². The molecule has 0 unspecified atom stereocenters. The van der Waals surface area contributed by atoms with Crippen molar-refractivity contribution in [3.63, 3.8) is 0 Å². The normalized spacial score (nSPS) is 23.2. The standard InChI is InChI=1S/C31H49N5O5/c1-21-18-36(22(2)20-37)29(38)17-23-16-26(33-30(39)32-24-10-6-4-7-11-24)14-15-27(23)41-28(21)19-35(3)31(40)34-25-12-8-5-9-13-25/h14-16,21-22,24-25,28,37H,4-13,17-20H2,1-3H3,(H,34,40)(H2,32,33,39)/t21-,22-,28-/m1/s1. The van der Waals surface area contributed by atoms with Crippen molar-refractivity contribution in [1.29, 1.82) is 0 Å². The average molecular weight is 572 g/mol. The molecule has 0 aromatic heterocycles. The summed E-state index contributed by atoms with van der Waals surface area (Å²) in [7, 11) is 1.78. The number of hydrogen-bond acceptors (Lipinski definition) is 5. The summed E-state index contributed by atoms with van der Waals surface area (Å²) in [6, 6.07) is 5.04. The first-order chi connectivity index (χ1) is 19.7. The van der Waals surface area contributed by atoms with Crippen LogP contribution in [0, 0.1) is 5.92 Å². The van der Waals surface area contributed by atoms with Gasteiger partial charge in [-0.05, 0) is 50.8 Å². The Hall–Kier alpha value is -3.01. The van der Waals surface area contributed by atoms with Gasteiger partial charge >= 0.3 is 12.1 Å². The van der Waals surface area contributed by atoms with Crippen LogP contribution in [0.2, 0.25) is 0 Å². The molecule has 0 spiro atoms. The zero-order valence-corrected chi connectivity index (χ0v) is 25.0. The van der Waals surface area contributed by atoms with Gasteiger partial charge in [0.1, 0.15) is 11.9 Å². The molecule has 2 aliphatic carbocycles. The molecule has 1 aromatic carbocycles. The summed E-state index contributed by atoms with van der Waals surface area (Å²) >= 11 is 0. The summed E-state index contributed by atoms with van der Waals surface area (Å²) in [5.41, 5.74) is 1.25. The first kappa shape index (κ1) is 30.9. The van der Waals surface area contributed by atoms with E-state index in [1.165, 1.54) is 12.8 Å². The van der Waals surface area contributed by atoms with Gasteiger partial charge in [-0.1, -0.05) is 45.4 Å². The Labute approximate surface area is 244 Å². The van der Waals surface area contributed by atoms with E-state index in [1.807, 2.05) is 13.8 Å². The van der Waals surface area contributed by atoms with Crippen LogP contribution in [0.15, 0.2) is 18.2 Å². The maximum atomic E-state index is 13.5. The third-order valence-electron chi connectivity index (χ3n) is 8.85. The minimum atomic E-state index is -0.386. The molecule has 2 saturated carbocycles. The number of fused-ring (bicyclic) bond motifs is 1. The van der Waals surface area contributed by atoms with Crippen LogP contribution in [0.5, 0.6) is 5.75 Å². The molecule has 1 aliphatic heterocycles. The van der Waals surface area contributed by atoms with Crippen molar-refractivity contribution in [1.82, 2.24) is 20.4 Å². The van der Waals surface area contributed by atoms with E-state index in [0.717, 1.165) is 51.4 Å². The second kappa shape index (κ2) is 14.8. The van der Waals surface area contributed by atoms with Crippen molar-refractivity contribution in [3.05, 3.63) is 23.8 Å². The Morgan fingerprint density at radius 2 is 1.68 bits per heavy atom. The Kier molecular flexibility index (Phi) is 11.1. The van der Waals surface area contributed by atoms with E-state index in [2.05, 4.69) is 16.0 Å². The number of aliphatic hydroxyl groups excluding tert-OH is 1. The average Bonchev–Trinajstić information content (AvgIpc) is 3.01. The number of benzene rings is 1. The highest BCUT2D eigenvalue weighted by Crippen LogP contribution is 2.29. The van der Waals surface area contributed by atoms with Crippen LogP contribution in [0.25, 0.3) is 0 Å². The summed E-state index contributed by atoms with van der Waals surface area (Å²) in [5, 5.41) is 19.1. The van der Waals surface area contributed by atoms with Gasteiger partial charge in [0.25, 0.3) is 0 Å². The molecule has 2 fully saturated rings. The lowest BCUT2D eigenvalue weighted by atomic mass is 9.96. The van der Waals surface area contributed by atoms with E-state index in [0.29, 0.717) is 30.1 Å². The number of urea groups is 2. The van der Waals surface area contributed by atoms with Crippen LogP contribution in [-0.2, 0) is 11.2 Å². The lowest BCUT2D eigenvalue weighted by Gasteiger charge is -2.34. The molecule has 41 heavy (non-hydrogen) atoms. The second-order valence-electron chi connectivity index (χ2n) is 12.3. The molecule has 10 nitrogen and oxygen atoms in total. The van der Waals surface area contributed by atoms with Gasteiger partial charge < -0.3 is 35.6 Å². The van der Waals surface area contributed by atoms with Crippen molar-refractivity contribution in [2.75, 3.05) is 32.1 Å². The van der Waals surface area contributed by atoms with Crippen LogP contribution >= 0.6 is 0 Å². The van der Waals surface area contributed by atoms with Gasteiger partial charge in [0.15, 0.2) is 0 Å². The quantitative estimate of drug-likeness (QED) is 0.389. The summed E-state index contributed by atoms with van der Waals surface area (Å²) in [6.07, 6.45) is 10.7. The minimum Gasteiger partial charge on any atom is -0.488 e. The number of anilines is 1. The highest BCUT2D eigenvalue weighted by molar-refractivity contribution is 5.90. The van der Waals surface area contributed by atoms with Crippen LogP contribution in [-0.4, -0.2) is 83.8 Å². The highest BCUT2D eigenvalue weighted by Gasteiger charge is 2.32. The number of likely N-dealkylation sites (N-methyl/N-ethyl adjacent to an activating group) is 1. The fourth-order valence-corrected chi connectivity index (χ4v) is 6.21. The van der Waals surface area contributed by atoms with Crippen molar-refractivity contribution in [2.24, 2.45) is 5.92 Å². The summed E-state index contributed by atoms with van der Waals surface area (Å²) < 4.78 is 6.54. The van der Waals surface area contributed by atoms with Crippen molar-refractivity contribution in [3.8, 4) is 5.75 Å². The summed E-state index contributed by atoms with van der Waals surface area (Å²) in [5.74, 6) is 0.340. The highest BCUT2D eigenvalue weighted by atomic mass is 16.5. The van der Waals surface area contributed by atoms with Gasteiger partial charge in [0, 0.05) is 42.8 Å². The smallest absolute Gasteiger partial charge is 0.319 e. The number of carbonyl (C=O) groups excluding carboxylic acids is 3. The molecule has 228 valence electrons. The van der Waals surface area contributed by atoms with E-state index >= 15 is 0 Å². The van der Waals surface area contributed by atoms with E-state index in [-0.39, 0.29) is 61.1 Å². The number of ether oxygens (including phenoxy) is 1. The Morgan fingerprint density at radius 1 is 1.05 bits per heavy atom. The molecule has 4 N–H and O–H groups in total. The summed E-state index contributed by atoms with van der Waals surface area (Å²) in [6.45, 7) is 4.43. The van der Waals surface area contributed by atoms with Gasteiger partial charge in [-0.15, -0.1) is 0 Å². The van der Waals surface area contributed by atoms with Gasteiger partial charge in [-0.25, -0.2) is 9.59 Å². The van der Waals surface area contributed by atoms with Crippen LogP contribution in [0.4, 0.5) is 15.3 Å². The van der Waals surface area contributed by atoms with Crippen LogP contribution in [0.1, 0.15) is 83.6 Å². The monoisotopic (exact) mass is 571 g/mol. The molecule has 5 amide bonds. The topological polar surface area (TPSA) is 123 Å². The lowest BCUT2D eigenvalue weighted by Crippen LogP contribution is -2.50. The number of amides is 5. The van der Waals surface area contributed by atoms with Crippen molar-refractivity contribution in [2.45, 2.75) is 109 Å². The predicted molar refractivity (Wildman–Crippen MR) is 159 cm³/mol. The maximum absolute atomic E-state index is 13.5. The Bertz CT molecular complexity index is 1040. The van der Waals surface area contributed by atoms with Gasteiger partial charge in [0.2, 0.25) is 5.91 Å². The van der Waals surface area contributed by atoms with E-state index < -0.39 is 0 Å². The third-order valence-corrected chi connectivity index (χ3v) is 8.85.